The molecule has 7 heteroatoms. The molecule has 0 spiro atoms. The quantitative estimate of drug-likeness (QED) is 0.772. The smallest absolute Gasteiger partial charge is 0.407 e. The zero-order chi connectivity index (χ0) is 14.6. The van der Waals surface area contributed by atoms with E-state index in [-0.39, 0.29) is 19.0 Å². The van der Waals surface area contributed by atoms with Crippen LogP contribution in [0.1, 0.15) is 41.5 Å². The van der Waals surface area contributed by atoms with Gasteiger partial charge in [0.05, 0.1) is 0 Å². The van der Waals surface area contributed by atoms with Gasteiger partial charge in [-0.2, -0.15) is 0 Å². The number of amides is 1. The minimum atomic E-state index is -0.906. The molecule has 0 aliphatic carbocycles. The molecule has 0 radical (unpaired) electrons. The lowest BCUT2D eigenvalue weighted by molar-refractivity contribution is -0.156. The van der Waals surface area contributed by atoms with Crippen LogP contribution in [-0.2, 0) is 14.3 Å². The maximum absolute atomic E-state index is 11.5. The number of nitrogens with two attached hydrogens (primary N) is 1. The van der Waals surface area contributed by atoms with Gasteiger partial charge in [0, 0.05) is 6.54 Å². The fourth-order valence-electron chi connectivity index (χ4n) is 0.968. The van der Waals surface area contributed by atoms with E-state index in [4.69, 9.17) is 15.2 Å². The summed E-state index contributed by atoms with van der Waals surface area (Å²) < 4.78 is 10.1. The molecule has 0 heterocycles. The first-order chi connectivity index (χ1) is 7.91. The predicted octanol–water partition coefficient (Wildman–Crippen LogP) is 1.60. The Morgan fingerprint density at radius 1 is 1.05 bits per heavy atom. The molecule has 0 rings (SSSR count). The van der Waals surface area contributed by atoms with E-state index in [1.165, 1.54) is 0 Å². The third kappa shape index (κ3) is 11.8. The maximum atomic E-state index is 11.5. The Bertz CT molecular complexity index is 308. The number of carbonyl (C=O) groups is 2. The lowest BCUT2D eigenvalue weighted by Crippen LogP contribution is -2.46. The first-order valence-corrected chi connectivity index (χ1v) is 5.86. The Labute approximate surface area is 120 Å². The van der Waals surface area contributed by atoms with Gasteiger partial charge in [0.1, 0.15) is 17.2 Å². The molecule has 1 atom stereocenters. The minimum Gasteiger partial charge on any atom is -0.459 e. The van der Waals surface area contributed by atoms with Crippen molar-refractivity contribution in [1.29, 1.82) is 0 Å². The highest BCUT2D eigenvalue weighted by atomic mass is 35.5. The number of nitrogens with one attached hydrogen (secondary N) is 1. The molecule has 1 amide bonds. The molecule has 6 nitrogen and oxygen atoms in total. The summed E-state index contributed by atoms with van der Waals surface area (Å²) in [5.74, 6) is -0.557. The fraction of sp³-hybridized carbons (Fsp3) is 0.833. The van der Waals surface area contributed by atoms with Gasteiger partial charge >= 0.3 is 12.1 Å². The summed E-state index contributed by atoms with van der Waals surface area (Å²) >= 11 is 0. The summed E-state index contributed by atoms with van der Waals surface area (Å²) in [6.07, 6.45) is -0.610. The van der Waals surface area contributed by atoms with E-state index < -0.39 is 29.3 Å². The summed E-state index contributed by atoms with van der Waals surface area (Å²) in [5.41, 5.74) is 4.41. The topological polar surface area (TPSA) is 90.6 Å². The zero-order valence-corrected chi connectivity index (χ0v) is 13.2. The molecule has 0 saturated heterocycles. The molecule has 0 unspecified atom stereocenters. The second-order valence-corrected chi connectivity index (χ2v) is 6.02. The van der Waals surface area contributed by atoms with Crippen LogP contribution in [0.25, 0.3) is 0 Å². The van der Waals surface area contributed by atoms with Crippen molar-refractivity contribution in [2.24, 2.45) is 5.73 Å². The number of alkyl carbamates (subject to hydrolysis) is 1. The van der Waals surface area contributed by atoms with Crippen molar-refractivity contribution < 1.29 is 19.1 Å². The summed E-state index contributed by atoms with van der Waals surface area (Å²) in [5, 5.41) is 2.42. The molecule has 0 aromatic heterocycles. The first kappa shape index (κ1) is 20.3. The molecular weight excluding hydrogens is 272 g/mol. The van der Waals surface area contributed by atoms with Crippen LogP contribution in [0.4, 0.5) is 4.79 Å². The van der Waals surface area contributed by atoms with Gasteiger partial charge in [-0.25, -0.2) is 4.79 Å². The molecule has 0 aromatic carbocycles. The van der Waals surface area contributed by atoms with Crippen molar-refractivity contribution in [3.05, 3.63) is 0 Å². The Morgan fingerprint density at radius 2 is 1.47 bits per heavy atom. The normalized spacial score (nSPS) is 13.0. The van der Waals surface area contributed by atoms with Crippen LogP contribution in [0.5, 0.6) is 0 Å². The molecule has 0 bridgehead atoms. The van der Waals surface area contributed by atoms with Gasteiger partial charge in [-0.3, -0.25) is 4.79 Å². The van der Waals surface area contributed by atoms with E-state index >= 15 is 0 Å². The van der Waals surface area contributed by atoms with Gasteiger partial charge in [-0.05, 0) is 41.5 Å². The van der Waals surface area contributed by atoms with Crippen molar-refractivity contribution in [2.45, 2.75) is 58.8 Å². The number of ether oxygens (including phenoxy) is 2. The van der Waals surface area contributed by atoms with Crippen LogP contribution in [0, 0.1) is 0 Å². The summed E-state index contributed by atoms with van der Waals surface area (Å²) in [6.45, 7) is 10.5. The van der Waals surface area contributed by atoms with Gasteiger partial charge in [0.2, 0.25) is 0 Å². The van der Waals surface area contributed by atoms with Crippen molar-refractivity contribution in [2.75, 3.05) is 6.54 Å². The van der Waals surface area contributed by atoms with Gasteiger partial charge in [-0.1, -0.05) is 0 Å². The molecule has 0 aliphatic heterocycles. The summed E-state index contributed by atoms with van der Waals surface area (Å²) in [4.78, 5) is 22.8. The van der Waals surface area contributed by atoms with Crippen molar-refractivity contribution >= 4 is 24.5 Å². The number of esters is 1. The van der Waals surface area contributed by atoms with Crippen LogP contribution in [0.3, 0.4) is 0 Å². The van der Waals surface area contributed by atoms with E-state index in [1.807, 2.05) is 0 Å². The third-order valence-electron chi connectivity index (χ3n) is 1.57. The van der Waals surface area contributed by atoms with E-state index in [2.05, 4.69) is 5.32 Å². The fourth-order valence-corrected chi connectivity index (χ4v) is 0.968. The van der Waals surface area contributed by atoms with Crippen molar-refractivity contribution in [3.8, 4) is 0 Å². The van der Waals surface area contributed by atoms with Gasteiger partial charge < -0.3 is 20.5 Å². The Kier molecular flexibility index (Phi) is 8.07. The molecule has 3 N–H and O–H groups in total. The molecule has 0 fully saturated rings. The lowest BCUT2D eigenvalue weighted by Gasteiger charge is -2.23. The number of hydrogen-bond acceptors (Lipinski definition) is 5. The van der Waals surface area contributed by atoms with E-state index in [0.29, 0.717) is 0 Å². The van der Waals surface area contributed by atoms with Crippen LogP contribution in [-0.4, -0.2) is 35.9 Å². The minimum absolute atomic E-state index is 0. The van der Waals surface area contributed by atoms with Crippen LogP contribution in [0.2, 0.25) is 0 Å². The Balaban J connectivity index is 0. The lowest BCUT2D eigenvalue weighted by atomic mass is 10.2. The van der Waals surface area contributed by atoms with Crippen molar-refractivity contribution in [1.82, 2.24) is 5.32 Å². The highest BCUT2D eigenvalue weighted by Gasteiger charge is 2.23. The highest BCUT2D eigenvalue weighted by molar-refractivity contribution is 5.85. The van der Waals surface area contributed by atoms with Crippen LogP contribution >= 0.6 is 12.4 Å². The van der Waals surface area contributed by atoms with E-state index in [1.54, 1.807) is 41.5 Å². The summed E-state index contributed by atoms with van der Waals surface area (Å²) in [7, 11) is 0. The van der Waals surface area contributed by atoms with Crippen molar-refractivity contribution in [3.63, 3.8) is 0 Å². The Hall–Kier alpha value is -1.01. The Morgan fingerprint density at radius 3 is 1.84 bits per heavy atom. The number of rotatable bonds is 3. The van der Waals surface area contributed by atoms with E-state index in [0.717, 1.165) is 0 Å². The third-order valence-corrected chi connectivity index (χ3v) is 1.57. The average molecular weight is 297 g/mol. The zero-order valence-electron chi connectivity index (χ0n) is 12.4. The second-order valence-electron chi connectivity index (χ2n) is 6.02. The highest BCUT2D eigenvalue weighted by Crippen LogP contribution is 2.08. The number of hydrogen-bond donors (Lipinski definition) is 2. The van der Waals surface area contributed by atoms with Gasteiger partial charge in [0.25, 0.3) is 0 Å². The maximum Gasteiger partial charge on any atom is 0.407 e. The largest absolute Gasteiger partial charge is 0.459 e. The average Bonchev–Trinajstić information content (AvgIpc) is 2.08. The predicted molar refractivity (Wildman–Crippen MR) is 75.3 cm³/mol. The molecule has 0 aliphatic rings. The van der Waals surface area contributed by atoms with Gasteiger partial charge in [-0.15, -0.1) is 12.4 Å². The second kappa shape index (κ2) is 7.55. The van der Waals surface area contributed by atoms with Gasteiger partial charge in [0.15, 0.2) is 0 Å². The molecule has 0 aromatic rings. The summed E-state index contributed by atoms with van der Waals surface area (Å²) in [6, 6.07) is -0.906. The number of halogens is 1. The molecular formula is C12H25ClN2O4. The molecule has 0 saturated carbocycles. The van der Waals surface area contributed by atoms with Crippen LogP contribution in [0.15, 0.2) is 0 Å². The first-order valence-electron chi connectivity index (χ1n) is 5.86. The van der Waals surface area contributed by atoms with E-state index in [9.17, 15) is 9.59 Å². The molecule has 114 valence electrons. The molecule has 19 heavy (non-hydrogen) atoms. The monoisotopic (exact) mass is 296 g/mol. The number of carbonyl (C=O) groups excluding carboxylic acids is 2. The van der Waals surface area contributed by atoms with Crippen LogP contribution < -0.4 is 11.1 Å². The SMILES string of the molecule is CC(C)(C)OC(=O)NC[C@H](N)C(=O)OC(C)(C)C.Cl. The standard InChI is InChI=1S/C12H24N2O4.ClH/c1-11(2,3)17-9(15)8(13)7-14-10(16)18-12(4,5)6;/h8H,7,13H2,1-6H3,(H,14,16);1H/t8-;/m0./s1.